The number of nitrogens with two attached hydrogens (primary N) is 1. The van der Waals surface area contributed by atoms with Gasteiger partial charge in [-0.1, -0.05) is 11.3 Å². The number of rotatable bonds is 1. The Morgan fingerprint density at radius 2 is 2.00 bits per heavy atom. The smallest absolute Gasteiger partial charge is 0.394 e. The number of fused-ring (bicyclic) bond motifs is 1. The summed E-state index contributed by atoms with van der Waals surface area (Å²) in [6, 6.07) is 5.71. The van der Waals surface area contributed by atoms with Crippen LogP contribution < -0.4 is 10.5 Å². The zero-order valence-corrected chi connectivity index (χ0v) is 10.3. The largest absolute Gasteiger partial charge is 0.497 e. The fraction of sp³-hybridized carbons (Fsp3) is 0.125. The SMILES string of the molecule is COc1ccc2nc(N)sc2c1.O=S(=O)(O)O. The predicted molar refractivity (Wildman–Crippen MR) is 64.8 cm³/mol. The van der Waals surface area contributed by atoms with E-state index in [0.29, 0.717) is 5.13 Å². The zero-order valence-electron chi connectivity index (χ0n) is 8.69. The van der Waals surface area contributed by atoms with Gasteiger partial charge in [-0.15, -0.1) is 0 Å². The molecular weight excluding hydrogens is 268 g/mol. The van der Waals surface area contributed by atoms with Crippen LogP contribution in [-0.4, -0.2) is 29.6 Å². The third-order valence-corrected chi connectivity index (χ3v) is 2.46. The fourth-order valence-electron chi connectivity index (χ4n) is 1.05. The van der Waals surface area contributed by atoms with Crippen molar-refractivity contribution < 1.29 is 22.3 Å². The number of thiazole rings is 1. The first-order valence-electron chi connectivity index (χ1n) is 4.19. The first kappa shape index (κ1) is 13.6. The van der Waals surface area contributed by atoms with E-state index in [1.165, 1.54) is 11.3 Å². The lowest BCUT2D eigenvalue weighted by atomic mass is 10.3. The van der Waals surface area contributed by atoms with Gasteiger partial charge in [0.2, 0.25) is 0 Å². The Labute approximate surface area is 101 Å². The van der Waals surface area contributed by atoms with Crippen molar-refractivity contribution >= 4 is 37.1 Å². The number of benzene rings is 1. The van der Waals surface area contributed by atoms with E-state index in [1.54, 1.807) is 7.11 Å². The molecule has 0 atom stereocenters. The molecule has 17 heavy (non-hydrogen) atoms. The van der Waals surface area contributed by atoms with E-state index in [0.717, 1.165) is 16.0 Å². The molecule has 4 N–H and O–H groups in total. The number of hydrogen-bond acceptors (Lipinski definition) is 6. The molecule has 1 heterocycles. The average molecular weight is 278 g/mol. The van der Waals surface area contributed by atoms with Crippen LogP contribution in [0.25, 0.3) is 10.2 Å². The third-order valence-electron chi connectivity index (χ3n) is 1.61. The van der Waals surface area contributed by atoms with Crippen LogP contribution in [0.15, 0.2) is 18.2 Å². The number of nitrogens with zero attached hydrogens (tertiary/aromatic N) is 1. The van der Waals surface area contributed by atoms with Crippen molar-refractivity contribution in [1.82, 2.24) is 4.98 Å². The Morgan fingerprint density at radius 1 is 1.41 bits per heavy atom. The normalized spacial score (nSPS) is 10.8. The van der Waals surface area contributed by atoms with Gasteiger partial charge >= 0.3 is 10.4 Å². The molecule has 7 nitrogen and oxygen atoms in total. The van der Waals surface area contributed by atoms with Crippen LogP contribution >= 0.6 is 11.3 Å². The molecule has 0 radical (unpaired) electrons. The molecule has 2 rings (SSSR count). The second-order valence-electron chi connectivity index (χ2n) is 2.83. The molecule has 1 aromatic heterocycles. The Hall–Kier alpha value is -1.42. The summed E-state index contributed by atoms with van der Waals surface area (Å²) in [7, 11) is -3.02. The minimum absolute atomic E-state index is 0.596. The van der Waals surface area contributed by atoms with Crippen LogP contribution in [0.1, 0.15) is 0 Å². The Kier molecular flexibility index (Phi) is 4.23. The molecule has 0 bridgehead atoms. The van der Waals surface area contributed by atoms with Crippen LogP contribution in [0.5, 0.6) is 5.75 Å². The van der Waals surface area contributed by atoms with E-state index in [9.17, 15) is 0 Å². The third kappa shape index (κ3) is 4.95. The van der Waals surface area contributed by atoms with E-state index in [4.69, 9.17) is 28.0 Å². The zero-order chi connectivity index (χ0) is 13.1. The van der Waals surface area contributed by atoms with Crippen molar-refractivity contribution in [3.63, 3.8) is 0 Å². The molecule has 0 saturated heterocycles. The summed E-state index contributed by atoms with van der Waals surface area (Å²) in [6.45, 7) is 0. The van der Waals surface area contributed by atoms with Gasteiger partial charge in [-0.25, -0.2) is 4.98 Å². The highest BCUT2D eigenvalue weighted by molar-refractivity contribution is 7.79. The first-order chi connectivity index (χ1) is 7.79. The van der Waals surface area contributed by atoms with Crippen molar-refractivity contribution in [2.24, 2.45) is 0 Å². The highest BCUT2D eigenvalue weighted by Crippen LogP contribution is 2.26. The molecule has 0 aliphatic rings. The van der Waals surface area contributed by atoms with Crippen molar-refractivity contribution in [2.75, 3.05) is 12.8 Å². The molecule has 1 aromatic carbocycles. The van der Waals surface area contributed by atoms with Crippen LogP contribution in [-0.2, 0) is 10.4 Å². The highest BCUT2D eigenvalue weighted by Gasteiger charge is 2.01. The molecule has 0 spiro atoms. The predicted octanol–water partition coefficient (Wildman–Crippen LogP) is 1.23. The molecule has 0 aliphatic heterocycles. The standard InChI is InChI=1S/C8H8N2OS.H2O4S/c1-11-5-2-3-6-7(4-5)12-8(9)10-6;1-5(2,3)4/h2-4H,1H3,(H2,9,10);(H2,1,2,3,4). The maximum atomic E-state index is 8.74. The second kappa shape index (κ2) is 5.27. The van der Waals surface area contributed by atoms with E-state index >= 15 is 0 Å². The van der Waals surface area contributed by atoms with E-state index in [-0.39, 0.29) is 0 Å². The van der Waals surface area contributed by atoms with Crippen molar-refractivity contribution in [3.8, 4) is 5.75 Å². The average Bonchev–Trinajstić information content (AvgIpc) is 2.53. The number of ether oxygens (including phenoxy) is 1. The van der Waals surface area contributed by atoms with Gasteiger partial charge in [0.25, 0.3) is 0 Å². The highest BCUT2D eigenvalue weighted by atomic mass is 32.3. The van der Waals surface area contributed by atoms with Gasteiger partial charge in [-0.05, 0) is 18.2 Å². The summed E-state index contributed by atoms with van der Waals surface area (Å²) in [5, 5.41) is 0.596. The van der Waals surface area contributed by atoms with Crippen molar-refractivity contribution in [3.05, 3.63) is 18.2 Å². The number of anilines is 1. The second-order valence-corrected chi connectivity index (χ2v) is 4.79. The lowest BCUT2D eigenvalue weighted by Gasteiger charge is -1.96. The molecule has 0 aliphatic carbocycles. The molecular formula is C8H10N2O5S2. The van der Waals surface area contributed by atoms with Crippen LogP contribution in [0, 0.1) is 0 Å². The molecule has 0 unspecified atom stereocenters. The van der Waals surface area contributed by atoms with Gasteiger partial charge in [-0.3, -0.25) is 9.11 Å². The summed E-state index contributed by atoms with van der Waals surface area (Å²) in [5.41, 5.74) is 6.48. The molecule has 0 fully saturated rings. The van der Waals surface area contributed by atoms with Crippen molar-refractivity contribution in [1.29, 1.82) is 0 Å². The summed E-state index contributed by atoms with van der Waals surface area (Å²) < 4.78 is 37.7. The monoisotopic (exact) mass is 278 g/mol. The first-order valence-corrected chi connectivity index (χ1v) is 6.41. The van der Waals surface area contributed by atoms with Gasteiger partial charge in [0, 0.05) is 0 Å². The van der Waals surface area contributed by atoms with Gasteiger partial charge in [0.15, 0.2) is 5.13 Å². The Morgan fingerprint density at radius 3 is 2.53 bits per heavy atom. The maximum absolute atomic E-state index is 8.74. The molecule has 0 saturated carbocycles. The summed E-state index contributed by atoms with van der Waals surface area (Å²) >= 11 is 1.47. The van der Waals surface area contributed by atoms with Crippen LogP contribution in [0.4, 0.5) is 5.13 Å². The quantitative estimate of drug-likeness (QED) is 0.670. The van der Waals surface area contributed by atoms with Gasteiger partial charge in [0.1, 0.15) is 5.75 Å². The van der Waals surface area contributed by atoms with E-state index in [1.807, 2.05) is 18.2 Å². The van der Waals surface area contributed by atoms with Crippen molar-refractivity contribution in [2.45, 2.75) is 0 Å². The molecule has 0 amide bonds. The number of hydrogen-bond donors (Lipinski definition) is 3. The lowest BCUT2D eigenvalue weighted by Crippen LogP contribution is -1.89. The minimum Gasteiger partial charge on any atom is -0.497 e. The van der Waals surface area contributed by atoms with Gasteiger partial charge in [0.05, 0.1) is 17.3 Å². The minimum atomic E-state index is -4.67. The summed E-state index contributed by atoms with van der Waals surface area (Å²) in [6.07, 6.45) is 0. The Balaban J connectivity index is 0.000000249. The van der Waals surface area contributed by atoms with Gasteiger partial charge < -0.3 is 10.5 Å². The summed E-state index contributed by atoms with van der Waals surface area (Å²) in [5.74, 6) is 0.839. The number of nitrogen functional groups attached to an aromatic ring is 1. The van der Waals surface area contributed by atoms with Crippen LogP contribution in [0.2, 0.25) is 0 Å². The lowest BCUT2D eigenvalue weighted by molar-refractivity contribution is 0.381. The number of aromatic nitrogens is 1. The summed E-state index contributed by atoms with van der Waals surface area (Å²) in [4.78, 5) is 4.13. The number of methoxy groups -OCH3 is 1. The van der Waals surface area contributed by atoms with E-state index < -0.39 is 10.4 Å². The van der Waals surface area contributed by atoms with Gasteiger partial charge in [-0.2, -0.15) is 8.42 Å². The fourth-order valence-corrected chi connectivity index (χ4v) is 1.81. The van der Waals surface area contributed by atoms with Crippen LogP contribution in [0.3, 0.4) is 0 Å². The molecule has 94 valence electrons. The molecule has 2 aromatic rings. The maximum Gasteiger partial charge on any atom is 0.394 e. The topological polar surface area (TPSA) is 123 Å². The Bertz CT molecular complexity index is 599. The molecule has 9 heteroatoms. The van der Waals surface area contributed by atoms with E-state index in [2.05, 4.69) is 4.98 Å².